The number of aromatic nitrogens is 3. The molecular weight excluding hydrogens is 640 g/mol. The maximum Gasteiger partial charge on any atom is 0.269 e. The molecule has 0 saturated carbocycles. The van der Waals surface area contributed by atoms with Crippen LogP contribution < -0.4 is 14.8 Å². The molecule has 5 nitrogen and oxygen atoms in total. The van der Waals surface area contributed by atoms with Crippen molar-refractivity contribution in [1.82, 2.24) is 14.5 Å². The van der Waals surface area contributed by atoms with Crippen LogP contribution in [0.4, 0.5) is 13.2 Å². The summed E-state index contributed by atoms with van der Waals surface area (Å²) >= 11 is 2.18. The number of ketones is 1. The molecule has 0 N–H and O–H groups in total. The average Bonchev–Trinajstić information content (AvgIpc) is 3.62. The van der Waals surface area contributed by atoms with Gasteiger partial charge in [-0.05, 0) is 58.5 Å². The number of carbonyl (C=O) groups excluding carboxylic acids is 1. The summed E-state index contributed by atoms with van der Waals surface area (Å²) in [5.41, 5.74) is 2.48. The normalized spacial score (nSPS) is 12.6. The van der Waals surface area contributed by atoms with Gasteiger partial charge < -0.3 is 0 Å². The highest BCUT2D eigenvalue weighted by atomic mass is 32.1. The molecule has 0 fully saturated rings. The fourth-order valence-corrected chi connectivity index (χ4v) is 6.81. The summed E-state index contributed by atoms with van der Waals surface area (Å²) in [4.78, 5) is 35.6. The van der Waals surface area contributed by atoms with Crippen LogP contribution in [0.5, 0.6) is 0 Å². The van der Waals surface area contributed by atoms with Crippen molar-refractivity contribution >= 4 is 40.6 Å². The highest BCUT2D eigenvalue weighted by Crippen LogP contribution is 2.28. The van der Waals surface area contributed by atoms with Crippen molar-refractivity contribution in [1.29, 1.82) is 0 Å². The lowest BCUT2D eigenvalue weighted by Gasteiger charge is -2.18. The minimum absolute atomic E-state index is 0.0601. The Morgan fingerprint density at radius 2 is 1.60 bits per heavy atom. The first-order valence-corrected chi connectivity index (χ1v) is 16.3. The molecule has 47 heavy (non-hydrogen) atoms. The number of benzene rings is 3. The number of hydrogen-bond acceptors (Lipinski definition) is 6. The van der Waals surface area contributed by atoms with Crippen molar-refractivity contribution in [2.24, 2.45) is 0 Å². The fourth-order valence-electron chi connectivity index (χ4n) is 5.01. The van der Waals surface area contributed by atoms with Crippen LogP contribution in [-0.2, 0) is 12.0 Å². The Bertz CT molecular complexity index is 2260. The molecule has 0 unspecified atom stereocenters. The van der Waals surface area contributed by atoms with Crippen LogP contribution in [0.25, 0.3) is 34.5 Å². The van der Waals surface area contributed by atoms with E-state index in [1.165, 1.54) is 34.2 Å². The first kappa shape index (κ1) is 32.0. The fraction of sp³-hybridized carbons (Fsp3) is 0.135. The highest BCUT2D eigenvalue weighted by Gasteiger charge is 2.17. The molecule has 0 aliphatic carbocycles. The van der Waals surface area contributed by atoms with E-state index in [1.54, 1.807) is 48.8 Å². The first-order valence-electron chi connectivity index (χ1n) is 14.6. The van der Waals surface area contributed by atoms with Crippen molar-refractivity contribution in [2.75, 3.05) is 0 Å². The number of Topliss-reactive ketones (excluding diaryl/α,β-unsaturated/α-hetero) is 1. The van der Waals surface area contributed by atoms with Crippen LogP contribution in [-0.4, -0.2) is 20.3 Å². The number of rotatable bonds is 7. The molecule has 0 aliphatic rings. The molecule has 6 aromatic rings. The molecule has 0 saturated heterocycles. The molecule has 6 rings (SSSR count). The van der Waals surface area contributed by atoms with Gasteiger partial charge in [-0.3, -0.25) is 19.1 Å². The van der Waals surface area contributed by atoms with E-state index in [4.69, 9.17) is 0 Å². The van der Waals surface area contributed by atoms with Crippen LogP contribution in [0.3, 0.4) is 0 Å². The van der Waals surface area contributed by atoms with Crippen LogP contribution in [0.15, 0.2) is 95.4 Å². The van der Waals surface area contributed by atoms with Gasteiger partial charge in [0.25, 0.3) is 5.56 Å². The zero-order chi connectivity index (χ0) is 33.3. The molecule has 10 heteroatoms. The number of halogens is 3. The van der Waals surface area contributed by atoms with Gasteiger partial charge in [0.2, 0.25) is 0 Å². The standard InChI is InChI=1S/C37H28F3N3O2S2/c1-37(2,3)26-11-9-23(10-12-26)31(44)19-34-43(20-33-42-30(21-46-33)35-27(38)5-4-6-28(35)39)36(45)32(47-34)18-25-8-7-24(17-29(25)40)22-13-15-41-16-14-22/h4-19,21H,20H2,1-3H3/b32-18+,34-19-. The molecule has 0 spiro atoms. The van der Waals surface area contributed by atoms with Gasteiger partial charge in [0.05, 0.1) is 22.3 Å². The molecule has 3 aromatic carbocycles. The summed E-state index contributed by atoms with van der Waals surface area (Å²) < 4.78 is 46.1. The SMILES string of the molecule is CC(C)(C)c1ccc(C(=O)/C=c2\s/c(=C/c3ccc(-c4ccncc4)cc3F)c(=O)n2Cc2nc(-c3c(F)cccc3F)cs2)cc1. The van der Waals surface area contributed by atoms with Gasteiger partial charge in [0, 0.05) is 35.0 Å². The largest absolute Gasteiger partial charge is 0.292 e. The smallest absolute Gasteiger partial charge is 0.269 e. The van der Waals surface area contributed by atoms with E-state index in [9.17, 15) is 18.4 Å². The molecule has 0 bridgehead atoms. The summed E-state index contributed by atoms with van der Waals surface area (Å²) in [6.07, 6.45) is 6.08. The molecule has 0 amide bonds. The first-order chi connectivity index (χ1) is 22.5. The summed E-state index contributed by atoms with van der Waals surface area (Å²) in [5.74, 6) is -2.33. The van der Waals surface area contributed by atoms with E-state index < -0.39 is 23.0 Å². The summed E-state index contributed by atoms with van der Waals surface area (Å²) in [5, 5.41) is 1.92. The average molecular weight is 668 g/mol. The Hall–Kier alpha value is -4.93. The van der Waals surface area contributed by atoms with Gasteiger partial charge in [0.15, 0.2) is 5.78 Å². The van der Waals surface area contributed by atoms with Gasteiger partial charge >= 0.3 is 0 Å². The van der Waals surface area contributed by atoms with E-state index in [2.05, 4.69) is 30.7 Å². The Morgan fingerprint density at radius 3 is 2.26 bits per heavy atom. The molecular formula is C37H28F3N3O2S2. The van der Waals surface area contributed by atoms with E-state index in [1.807, 2.05) is 12.1 Å². The lowest BCUT2D eigenvalue weighted by Crippen LogP contribution is -2.32. The maximum atomic E-state index is 15.3. The predicted molar refractivity (Wildman–Crippen MR) is 182 cm³/mol. The number of pyridine rings is 1. The monoisotopic (exact) mass is 667 g/mol. The van der Waals surface area contributed by atoms with Crippen molar-refractivity contribution < 1.29 is 18.0 Å². The molecule has 3 aromatic heterocycles. The van der Waals surface area contributed by atoms with Crippen LogP contribution in [0.1, 0.15) is 47.3 Å². The summed E-state index contributed by atoms with van der Waals surface area (Å²) in [7, 11) is 0. The lowest BCUT2D eigenvalue weighted by atomic mass is 9.86. The molecule has 236 valence electrons. The zero-order valence-corrected chi connectivity index (χ0v) is 27.3. The van der Waals surface area contributed by atoms with Crippen LogP contribution in [0.2, 0.25) is 0 Å². The maximum absolute atomic E-state index is 15.3. The zero-order valence-electron chi connectivity index (χ0n) is 25.6. The molecule has 0 aliphatic heterocycles. The summed E-state index contributed by atoms with van der Waals surface area (Å²) in [6.45, 7) is 6.19. The van der Waals surface area contributed by atoms with Gasteiger partial charge in [-0.2, -0.15) is 0 Å². The second-order valence-corrected chi connectivity index (χ2v) is 13.9. The number of thiazole rings is 2. The lowest BCUT2D eigenvalue weighted by molar-refractivity contribution is 0.106. The van der Waals surface area contributed by atoms with Crippen molar-refractivity contribution in [3.63, 3.8) is 0 Å². The Morgan fingerprint density at radius 1 is 0.894 bits per heavy atom. The van der Waals surface area contributed by atoms with Gasteiger partial charge in [-0.25, -0.2) is 18.2 Å². The van der Waals surface area contributed by atoms with Crippen molar-refractivity contribution in [3.8, 4) is 22.4 Å². The molecule has 3 heterocycles. The van der Waals surface area contributed by atoms with Gasteiger partial charge in [-0.15, -0.1) is 22.7 Å². The Balaban J connectivity index is 1.42. The second-order valence-electron chi connectivity index (χ2n) is 11.9. The van der Waals surface area contributed by atoms with Crippen molar-refractivity contribution in [3.05, 3.63) is 149 Å². The number of hydrogen-bond donors (Lipinski definition) is 0. The number of carbonyl (C=O) groups is 1. The minimum Gasteiger partial charge on any atom is -0.292 e. The Labute approximate surface area is 276 Å². The van der Waals surface area contributed by atoms with Crippen molar-refractivity contribution in [2.45, 2.75) is 32.7 Å². The Kier molecular flexibility index (Phi) is 8.90. The highest BCUT2D eigenvalue weighted by molar-refractivity contribution is 7.10. The van der Waals surface area contributed by atoms with E-state index in [0.29, 0.717) is 20.8 Å². The molecule has 0 atom stereocenters. The minimum atomic E-state index is -0.750. The summed E-state index contributed by atoms with van der Waals surface area (Å²) in [6, 6.07) is 19.2. The van der Waals surface area contributed by atoms with E-state index in [0.717, 1.165) is 45.9 Å². The third-order valence-corrected chi connectivity index (χ3v) is 9.48. The number of nitrogens with zero attached hydrogens (tertiary/aromatic N) is 3. The van der Waals surface area contributed by atoms with E-state index in [-0.39, 0.29) is 39.1 Å². The van der Waals surface area contributed by atoms with Crippen LogP contribution in [0, 0.1) is 17.5 Å². The quantitative estimate of drug-likeness (QED) is 0.167. The third kappa shape index (κ3) is 6.94. The topological polar surface area (TPSA) is 64.8 Å². The predicted octanol–water partition coefficient (Wildman–Crippen LogP) is 7.35. The molecule has 0 radical (unpaired) electrons. The van der Waals surface area contributed by atoms with Crippen LogP contribution >= 0.6 is 22.7 Å². The van der Waals surface area contributed by atoms with Gasteiger partial charge in [0.1, 0.15) is 27.1 Å². The van der Waals surface area contributed by atoms with E-state index >= 15 is 4.39 Å². The third-order valence-electron chi connectivity index (χ3n) is 7.59. The second kappa shape index (κ2) is 13.1. The van der Waals surface area contributed by atoms with Gasteiger partial charge in [-0.1, -0.05) is 63.2 Å².